The van der Waals surface area contributed by atoms with Gasteiger partial charge in [0.25, 0.3) is 0 Å². The number of rotatable bonds is 6. The Morgan fingerprint density at radius 2 is 1.76 bits per heavy atom. The van der Waals surface area contributed by atoms with Gasteiger partial charge in [0.05, 0.1) is 23.7 Å². The topological polar surface area (TPSA) is 56.9 Å². The fourth-order valence-corrected chi connectivity index (χ4v) is 4.78. The smallest absolute Gasteiger partial charge is 0.0991 e. The molecule has 170 valence electrons. The first-order valence-electron chi connectivity index (χ1n) is 11.8. The van der Waals surface area contributed by atoms with Crippen LogP contribution in [0.25, 0.3) is 0 Å². The molecule has 0 saturated carbocycles. The Morgan fingerprint density at radius 1 is 1.00 bits per heavy atom. The van der Waals surface area contributed by atoms with Crippen molar-refractivity contribution in [2.45, 2.75) is 39.0 Å². The van der Waals surface area contributed by atoms with Crippen molar-refractivity contribution in [3.63, 3.8) is 0 Å². The fourth-order valence-electron chi connectivity index (χ4n) is 4.78. The van der Waals surface area contributed by atoms with E-state index < -0.39 is 0 Å². The molecule has 5 heteroatoms. The molecule has 34 heavy (non-hydrogen) atoms. The SMILES string of the molecule is Cc1ccccc1N1Cc2ccccc2C[C@H](NCc2cncn2Cc2ccc(C#N)cc2)C1. The molecule has 0 amide bonds. The largest absolute Gasteiger partial charge is 0.365 e. The Bertz CT molecular complexity index is 1300. The van der Waals surface area contributed by atoms with Gasteiger partial charge in [-0.15, -0.1) is 0 Å². The van der Waals surface area contributed by atoms with Gasteiger partial charge in [-0.2, -0.15) is 5.26 Å². The molecule has 0 fully saturated rings. The van der Waals surface area contributed by atoms with Crippen molar-refractivity contribution in [3.8, 4) is 6.07 Å². The summed E-state index contributed by atoms with van der Waals surface area (Å²) < 4.78 is 2.18. The third-order valence-electron chi connectivity index (χ3n) is 6.65. The molecule has 0 aliphatic carbocycles. The van der Waals surface area contributed by atoms with Crippen molar-refractivity contribution in [2.24, 2.45) is 0 Å². The second-order valence-corrected chi connectivity index (χ2v) is 9.04. The first-order valence-corrected chi connectivity index (χ1v) is 11.8. The molecule has 5 rings (SSSR count). The summed E-state index contributed by atoms with van der Waals surface area (Å²) in [7, 11) is 0. The summed E-state index contributed by atoms with van der Waals surface area (Å²) in [5.74, 6) is 0. The van der Waals surface area contributed by atoms with Crippen LogP contribution in [0.15, 0.2) is 85.3 Å². The number of hydrogen-bond donors (Lipinski definition) is 1. The van der Waals surface area contributed by atoms with Crippen LogP contribution in [0, 0.1) is 18.3 Å². The second-order valence-electron chi connectivity index (χ2n) is 9.04. The molecule has 1 aliphatic heterocycles. The number of benzene rings is 3. The minimum atomic E-state index is 0.321. The van der Waals surface area contributed by atoms with Crippen molar-refractivity contribution < 1.29 is 0 Å². The number of nitrogens with zero attached hydrogens (tertiary/aromatic N) is 4. The van der Waals surface area contributed by atoms with Gasteiger partial charge in [0.15, 0.2) is 0 Å². The molecule has 1 aliphatic rings. The summed E-state index contributed by atoms with van der Waals surface area (Å²) in [6.07, 6.45) is 4.83. The Hall–Kier alpha value is -3.88. The average Bonchev–Trinajstić information content (AvgIpc) is 3.21. The van der Waals surface area contributed by atoms with E-state index in [0.29, 0.717) is 11.6 Å². The highest BCUT2D eigenvalue weighted by Crippen LogP contribution is 2.26. The molecule has 1 aromatic heterocycles. The first-order chi connectivity index (χ1) is 16.7. The van der Waals surface area contributed by atoms with Gasteiger partial charge in [0, 0.05) is 44.1 Å². The van der Waals surface area contributed by atoms with E-state index in [4.69, 9.17) is 5.26 Å². The highest BCUT2D eigenvalue weighted by atomic mass is 15.2. The molecule has 2 heterocycles. The van der Waals surface area contributed by atoms with E-state index in [-0.39, 0.29) is 0 Å². The molecule has 5 nitrogen and oxygen atoms in total. The number of aryl methyl sites for hydroxylation is 1. The minimum absolute atomic E-state index is 0.321. The van der Waals surface area contributed by atoms with Crippen LogP contribution in [0.3, 0.4) is 0 Å². The van der Waals surface area contributed by atoms with Gasteiger partial charge in [-0.3, -0.25) is 0 Å². The van der Waals surface area contributed by atoms with Crippen LogP contribution in [0.2, 0.25) is 0 Å². The Labute approximate surface area is 201 Å². The summed E-state index contributed by atoms with van der Waals surface area (Å²) >= 11 is 0. The highest BCUT2D eigenvalue weighted by molar-refractivity contribution is 5.54. The van der Waals surface area contributed by atoms with E-state index in [0.717, 1.165) is 43.9 Å². The Kier molecular flexibility index (Phi) is 6.42. The van der Waals surface area contributed by atoms with Crippen molar-refractivity contribution >= 4 is 5.69 Å². The molecule has 0 spiro atoms. The standard InChI is InChI=1S/C29H29N5/c1-22-6-2-5-9-29(22)33-19-26-8-4-3-7-25(26)14-27(20-33)32-17-28-16-31-21-34(28)18-24-12-10-23(15-30)11-13-24/h2-13,16,21,27,32H,14,17-20H2,1H3/t27-/m0/s1. The predicted octanol–water partition coefficient (Wildman–Crippen LogP) is 4.83. The minimum Gasteiger partial charge on any atom is -0.365 e. The molecule has 0 radical (unpaired) electrons. The summed E-state index contributed by atoms with van der Waals surface area (Å²) in [6, 6.07) is 27.7. The lowest BCUT2D eigenvalue weighted by Gasteiger charge is -2.28. The molecule has 4 aromatic rings. The summed E-state index contributed by atoms with van der Waals surface area (Å²) in [5.41, 5.74) is 8.43. The number of fused-ring (bicyclic) bond motifs is 1. The predicted molar refractivity (Wildman–Crippen MR) is 135 cm³/mol. The summed E-state index contributed by atoms with van der Waals surface area (Å²) in [5, 5.41) is 12.9. The quantitative estimate of drug-likeness (QED) is 0.460. The zero-order valence-corrected chi connectivity index (χ0v) is 19.5. The lowest BCUT2D eigenvalue weighted by Crippen LogP contribution is -2.40. The highest BCUT2D eigenvalue weighted by Gasteiger charge is 2.23. The number of anilines is 1. The van der Waals surface area contributed by atoms with Crippen LogP contribution in [-0.4, -0.2) is 22.1 Å². The van der Waals surface area contributed by atoms with E-state index in [1.807, 2.05) is 36.8 Å². The maximum absolute atomic E-state index is 9.03. The number of aromatic nitrogens is 2. The lowest BCUT2D eigenvalue weighted by molar-refractivity contribution is 0.496. The van der Waals surface area contributed by atoms with Gasteiger partial charge < -0.3 is 14.8 Å². The third kappa shape index (κ3) is 4.88. The maximum Gasteiger partial charge on any atom is 0.0991 e. The van der Waals surface area contributed by atoms with Crippen LogP contribution in [0.4, 0.5) is 5.69 Å². The van der Waals surface area contributed by atoms with Crippen molar-refractivity contribution in [2.75, 3.05) is 11.4 Å². The number of para-hydroxylation sites is 1. The molecule has 1 N–H and O–H groups in total. The molecule has 0 bridgehead atoms. The maximum atomic E-state index is 9.03. The lowest BCUT2D eigenvalue weighted by atomic mass is 10.0. The number of hydrogen-bond acceptors (Lipinski definition) is 4. The third-order valence-corrected chi connectivity index (χ3v) is 6.65. The van der Waals surface area contributed by atoms with E-state index in [9.17, 15) is 0 Å². The number of nitrogens with one attached hydrogen (secondary N) is 1. The van der Waals surface area contributed by atoms with E-state index in [2.05, 4.69) is 81.3 Å². The molecule has 1 atom stereocenters. The first kappa shape index (κ1) is 21.9. The fraction of sp³-hybridized carbons (Fsp3) is 0.241. The van der Waals surface area contributed by atoms with E-state index in [1.165, 1.54) is 22.4 Å². The van der Waals surface area contributed by atoms with Gasteiger partial charge in [-0.25, -0.2) is 4.98 Å². The van der Waals surface area contributed by atoms with Crippen molar-refractivity contribution in [1.82, 2.24) is 14.9 Å². The van der Waals surface area contributed by atoms with E-state index >= 15 is 0 Å². The van der Waals surface area contributed by atoms with Crippen molar-refractivity contribution in [1.29, 1.82) is 5.26 Å². The van der Waals surface area contributed by atoms with Gasteiger partial charge in [0.2, 0.25) is 0 Å². The van der Waals surface area contributed by atoms with Gasteiger partial charge in [0.1, 0.15) is 0 Å². The number of nitriles is 1. The van der Waals surface area contributed by atoms with Crippen LogP contribution < -0.4 is 10.2 Å². The summed E-state index contributed by atoms with van der Waals surface area (Å²) in [4.78, 5) is 6.91. The van der Waals surface area contributed by atoms with Gasteiger partial charge in [-0.1, -0.05) is 54.6 Å². The molecular weight excluding hydrogens is 418 g/mol. The molecule has 0 saturated heterocycles. The van der Waals surface area contributed by atoms with Crippen LogP contribution in [0.5, 0.6) is 0 Å². The zero-order valence-electron chi connectivity index (χ0n) is 19.5. The van der Waals surface area contributed by atoms with Crippen LogP contribution in [-0.2, 0) is 26.1 Å². The summed E-state index contributed by atoms with van der Waals surface area (Å²) in [6.45, 7) is 5.56. The van der Waals surface area contributed by atoms with Crippen molar-refractivity contribution in [3.05, 3.63) is 119 Å². The van der Waals surface area contributed by atoms with E-state index in [1.54, 1.807) is 0 Å². The average molecular weight is 448 g/mol. The molecule has 0 unspecified atom stereocenters. The second kappa shape index (κ2) is 9.94. The molecular formula is C29H29N5. The number of imidazole rings is 1. The van der Waals surface area contributed by atoms with Crippen LogP contribution >= 0.6 is 0 Å². The zero-order chi connectivity index (χ0) is 23.3. The Balaban J connectivity index is 1.32. The normalized spacial score (nSPS) is 15.4. The monoisotopic (exact) mass is 447 g/mol. The van der Waals surface area contributed by atoms with Gasteiger partial charge in [-0.05, 0) is 53.8 Å². The van der Waals surface area contributed by atoms with Gasteiger partial charge >= 0.3 is 0 Å². The van der Waals surface area contributed by atoms with Crippen LogP contribution in [0.1, 0.15) is 33.5 Å². The molecule has 3 aromatic carbocycles. The Morgan fingerprint density at radius 3 is 2.56 bits per heavy atom.